The van der Waals surface area contributed by atoms with Crippen LogP contribution in [0.4, 0.5) is 0 Å². The van der Waals surface area contributed by atoms with Crippen LogP contribution in [0.15, 0.2) is 36.4 Å². The van der Waals surface area contributed by atoms with Gasteiger partial charge in [0, 0.05) is 34.3 Å². The molecule has 4 rings (SSSR count). The molecule has 1 aliphatic carbocycles. The molecule has 2 aliphatic heterocycles. The molecule has 3 aliphatic rings. The molecular weight excluding hydrogens is 599 g/mol. The van der Waals surface area contributed by atoms with E-state index in [1.807, 2.05) is 18.2 Å². The van der Waals surface area contributed by atoms with E-state index in [1.54, 1.807) is 12.1 Å². The molecule has 8 atom stereocenters. The maximum atomic E-state index is 10.8. The molecule has 36 heavy (non-hydrogen) atoms. The molecule has 1 aromatic carbocycles. The second kappa shape index (κ2) is 13.8. The van der Waals surface area contributed by atoms with Crippen LogP contribution in [0.5, 0.6) is 5.75 Å². The van der Waals surface area contributed by atoms with Crippen molar-refractivity contribution in [3.05, 3.63) is 41.4 Å². The summed E-state index contributed by atoms with van der Waals surface area (Å²) in [7, 11) is 0. The minimum atomic E-state index is -0.758. The van der Waals surface area contributed by atoms with Crippen molar-refractivity contribution in [3.8, 4) is 5.75 Å². The number of fused-ring (bicyclic) bond motifs is 1. The van der Waals surface area contributed by atoms with Crippen LogP contribution < -0.4 is 4.74 Å². The monoisotopic (exact) mass is 634 g/mol. The number of hydrogen-bond acceptors (Lipinski definition) is 6. The number of aliphatic hydroxyl groups excluding tert-OH is 1. The molecule has 1 aromatic rings. The molecule has 0 amide bonds. The van der Waals surface area contributed by atoms with E-state index < -0.39 is 12.1 Å². The fraction of sp³-hybridized carbons (Fsp3) is 0.667. The summed E-state index contributed by atoms with van der Waals surface area (Å²) >= 11 is 8.48. The van der Waals surface area contributed by atoms with Gasteiger partial charge < -0.3 is 29.2 Å². The number of benzene rings is 1. The molecule has 0 radical (unpaired) electrons. The topological polar surface area (TPSA) is 94.5 Å². The molecule has 2 N–H and O–H groups in total. The van der Waals surface area contributed by atoms with Gasteiger partial charge in [-0.1, -0.05) is 52.4 Å². The highest BCUT2D eigenvalue weighted by atomic mass is 127. The van der Waals surface area contributed by atoms with E-state index >= 15 is 0 Å². The lowest BCUT2D eigenvalue weighted by atomic mass is 9.89. The van der Waals surface area contributed by atoms with Crippen LogP contribution in [-0.2, 0) is 19.0 Å². The van der Waals surface area contributed by atoms with Crippen LogP contribution >= 0.6 is 34.2 Å². The number of aliphatic hydroxyl groups is 1. The summed E-state index contributed by atoms with van der Waals surface area (Å²) in [4.78, 5) is 10.8. The highest BCUT2D eigenvalue weighted by molar-refractivity contribution is 14.1. The van der Waals surface area contributed by atoms with Gasteiger partial charge in [-0.2, -0.15) is 0 Å². The normalized spacial score (nSPS) is 31.9. The predicted molar refractivity (Wildman–Crippen MR) is 145 cm³/mol. The summed E-state index contributed by atoms with van der Waals surface area (Å²) in [6.07, 6.45) is 9.25. The molecule has 0 bridgehead atoms. The average Bonchev–Trinajstić information content (AvgIpc) is 3.38. The molecule has 200 valence electrons. The van der Waals surface area contributed by atoms with Crippen molar-refractivity contribution in [2.24, 2.45) is 11.8 Å². The van der Waals surface area contributed by atoms with Crippen molar-refractivity contribution >= 4 is 40.2 Å². The SMILES string of the molecule is O=C(O)CCCC(I)C1C[C@@H]2[C@@H](/C=C/[C@H](COc3cccc(Cl)c3)OC3CCCCO3)[C@H](O)C[C@H]2O1. The first kappa shape index (κ1) is 28.1. The van der Waals surface area contributed by atoms with E-state index in [4.69, 9.17) is 35.7 Å². The lowest BCUT2D eigenvalue weighted by Gasteiger charge is -2.27. The summed E-state index contributed by atoms with van der Waals surface area (Å²) in [5, 5.41) is 20.3. The average molecular weight is 635 g/mol. The first-order chi connectivity index (χ1) is 17.4. The van der Waals surface area contributed by atoms with Gasteiger partial charge in [-0.25, -0.2) is 0 Å². The Bertz CT molecular complexity index is 877. The van der Waals surface area contributed by atoms with E-state index in [0.29, 0.717) is 36.8 Å². The molecule has 0 aromatic heterocycles. The number of hydrogen-bond donors (Lipinski definition) is 2. The fourth-order valence-corrected chi connectivity index (χ4v) is 6.48. The van der Waals surface area contributed by atoms with Crippen molar-refractivity contribution in [1.82, 2.24) is 0 Å². The van der Waals surface area contributed by atoms with Gasteiger partial charge in [0.2, 0.25) is 0 Å². The molecule has 9 heteroatoms. The molecule has 2 heterocycles. The molecule has 1 saturated carbocycles. The third-order valence-corrected chi connectivity index (χ3v) is 8.90. The van der Waals surface area contributed by atoms with Gasteiger partial charge in [0.05, 0.1) is 18.3 Å². The minimum absolute atomic E-state index is 0.0211. The third kappa shape index (κ3) is 8.04. The Labute approximate surface area is 231 Å². The van der Waals surface area contributed by atoms with E-state index in [2.05, 4.69) is 28.7 Å². The predicted octanol–water partition coefficient (Wildman–Crippen LogP) is 5.40. The molecular formula is C27H36ClIO7. The van der Waals surface area contributed by atoms with Crippen molar-refractivity contribution in [2.45, 2.75) is 86.0 Å². The summed E-state index contributed by atoms with van der Waals surface area (Å²) in [6, 6.07) is 7.29. The quantitative estimate of drug-likeness (QED) is 0.181. The first-order valence-electron chi connectivity index (χ1n) is 12.9. The largest absolute Gasteiger partial charge is 0.490 e. The summed E-state index contributed by atoms with van der Waals surface area (Å²) in [5.41, 5.74) is 0. The Kier molecular flexibility index (Phi) is 10.7. The highest BCUT2D eigenvalue weighted by Gasteiger charge is 2.49. The Morgan fingerprint density at radius 1 is 1.31 bits per heavy atom. The molecule has 7 nitrogen and oxygen atoms in total. The van der Waals surface area contributed by atoms with Crippen molar-refractivity contribution < 1.29 is 34.0 Å². The zero-order valence-electron chi connectivity index (χ0n) is 20.3. The number of halogens is 2. The number of carboxylic acids is 1. The van der Waals surface area contributed by atoms with Gasteiger partial charge >= 0.3 is 5.97 Å². The van der Waals surface area contributed by atoms with Crippen LogP contribution in [0.25, 0.3) is 0 Å². The number of carboxylic acid groups (broad SMARTS) is 1. The number of carbonyl (C=O) groups is 1. The lowest BCUT2D eigenvalue weighted by Crippen LogP contribution is -2.31. The van der Waals surface area contributed by atoms with E-state index in [1.165, 1.54) is 0 Å². The van der Waals surface area contributed by atoms with Crippen molar-refractivity contribution in [2.75, 3.05) is 13.2 Å². The third-order valence-electron chi connectivity index (χ3n) is 7.24. The Balaban J connectivity index is 1.37. The van der Waals surface area contributed by atoms with Crippen molar-refractivity contribution in [3.63, 3.8) is 0 Å². The van der Waals surface area contributed by atoms with Gasteiger partial charge in [-0.15, -0.1) is 0 Å². The smallest absolute Gasteiger partial charge is 0.303 e. The Morgan fingerprint density at radius 2 is 2.17 bits per heavy atom. The summed E-state index contributed by atoms with van der Waals surface area (Å²) in [5.74, 6) is 0.134. The van der Waals surface area contributed by atoms with Gasteiger partial charge in [-0.05, 0) is 62.6 Å². The Hall–Kier alpha value is -0.910. The molecule has 0 spiro atoms. The molecule has 3 unspecified atom stereocenters. The summed E-state index contributed by atoms with van der Waals surface area (Å²) < 4.78 is 24.6. The van der Waals surface area contributed by atoms with Crippen LogP contribution in [0.2, 0.25) is 5.02 Å². The van der Waals surface area contributed by atoms with Crippen molar-refractivity contribution in [1.29, 1.82) is 0 Å². The second-order valence-electron chi connectivity index (χ2n) is 9.92. The zero-order chi connectivity index (χ0) is 25.5. The molecule has 3 fully saturated rings. The van der Waals surface area contributed by atoms with Gasteiger partial charge in [0.1, 0.15) is 18.5 Å². The van der Waals surface area contributed by atoms with Crippen LogP contribution in [0.1, 0.15) is 51.4 Å². The standard InChI is InChI=1S/C27H36ClIO7/c28-17-5-3-6-18(13-17)34-16-19(35-27-9-1-2-12-33-27)10-11-20-21-14-25(36-24(21)15-23(20)30)22(29)7-4-8-26(31)32/h3,5-6,10-11,13,19-25,27,30H,1-2,4,7-9,12,14-16H2,(H,31,32)/b11-10+/t19-,20-,21-,22?,23-,24-,25?,27?/m1/s1. The number of rotatable bonds is 12. The van der Waals surface area contributed by atoms with Gasteiger partial charge in [-0.3, -0.25) is 4.79 Å². The number of aliphatic carboxylic acids is 1. The maximum Gasteiger partial charge on any atom is 0.303 e. The second-order valence-corrected chi connectivity index (χ2v) is 12.0. The number of ether oxygens (including phenoxy) is 4. The van der Waals surface area contributed by atoms with Gasteiger partial charge in [0.15, 0.2) is 6.29 Å². The Morgan fingerprint density at radius 3 is 2.92 bits per heavy atom. The van der Waals surface area contributed by atoms with Gasteiger partial charge in [0.25, 0.3) is 0 Å². The lowest BCUT2D eigenvalue weighted by molar-refractivity contribution is -0.182. The highest BCUT2D eigenvalue weighted by Crippen LogP contribution is 2.46. The first-order valence-corrected chi connectivity index (χ1v) is 14.5. The zero-order valence-corrected chi connectivity index (χ0v) is 23.3. The number of alkyl halides is 1. The summed E-state index contributed by atoms with van der Waals surface area (Å²) in [6.45, 7) is 1.01. The minimum Gasteiger partial charge on any atom is -0.490 e. The van der Waals surface area contributed by atoms with Crippen LogP contribution in [0, 0.1) is 11.8 Å². The van der Waals surface area contributed by atoms with E-state index in [0.717, 1.165) is 32.1 Å². The maximum absolute atomic E-state index is 10.8. The molecule has 2 saturated heterocycles. The van der Waals surface area contributed by atoms with Crippen LogP contribution in [0.3, 0.4) is 0 Å². The van der Waals surface area contributed by atoms with Crippen LogP contribution in [-0.4, -0.2) is 64.0 Å². The fourth-order valence-electron chi connectivity index (χ4n) is 5.40. The van der Waals surface area contributed by atoms with E-state index in [-0.39, 0.29) is 46.8 Å². The van der Waals surface area contributed by atoms with E-state index in [9.17, 15) is 9.90 Å².